The van der Waals surface area contributed by atoms with Gasteiger partial charge >= 0.3 is 18.3 Å². The Kier molecular flexibility index (Phi) is 10.2. The lowest BCUT2D eigenvalue weighted by Gasteiger charge is -2.21. The minimum absolute atomic E-state index is 0.00270. The van der Waals surface area contributed by atoms with Crippen molar-refractivity contribution in [3.05, 3.63) is 114 Å². The first-order valence-electron chi connectivity index (χ1n) is 13.9. The van der Waals surface area contributed by atoms with E-state index < -0.39 is 41.0 Å². The summed E-state index contributed by atoms with van der Waals surface area (Å²) in [4.78, 5) is 40.1. The fourth-order valence-corrected chi connectivity index (χ4v) is 4.75. The van der Waals surface area contributed by atoms with E-state index in [4.69, 9.17) is 4.74 Å². The molecule has 45 heavy (non-hydrogen) atoms. The van der Waals surface area contributed by atoms with Gasteiger partial charge < -0.3 is 14.5 Å². The third-order valence-corrected chi connectivity index (χ3v) is 7.03. The maximum absolute atomic E-state index is 13.4. The lowest BCUT2D eigenvalue weighted by atomic mass is 10.0. The van der Waals surface area contributed by atoms with Crippen LogP contribution < -0.4 is 4.90 Å². The number of Topliss-reactive ketones (excluding diaryl/α,β-unsaturated/α-hetero) is 2. The number of hydrogen-bond acceptors (Lipinski definition) is 6. The van der Waals surface area contributed by atoms with E-state index >= 15 is 0 Å². The van der Waals surface area contributed by atoms with E-state index in [2.05, 4.69) is 0 Å². The molecule has 12 heteroatoms. The van der Waals surface area contributed by atoms with Gasteiger partial charge in [0, 0.05) is 31.2 Å². The molecule has 0 saturated heterocycles. The maximum Gasteiger partial charge on any atom is 0.454 e. The number of anilines is 1. The highest BCUT2D eigenvalue weighted by molar-refractivity contribution is 6.24. The van der Waals surface area contributed by atoms with Crippen LogP contribution >= 0.6 is 0 Å². The quantitative estimate of drug-likeness (QED) is 0.131. The zero-order valence-electron chi connectivity index (χ0n) is 24.0. The summed E-state index contributed by atoms with van der Waals surface area (Å²) in [6.07, 6.45) is -7.50. The number of fused-ring (bicyclic) bond motifs is 1. The zero-order valence-corrected chi connectivity index (χ0v) is 24.0. The second kappa shape index (κ2) is 13.8. The Hall–Kier alpha value is -4.87. The summed E-state index contributed by atoms with van der Waals surface area (Å²) in [5.74, 6) is -4.68. The van der Waals surface area contributed by atoms with Crippen LogP contribution in [0.5, 0.6) is 0 Å². The molecule has 6 nitrogen and oxygen atoms in total. The molecular formula is C33H28F6N2O4. The van der Waals surface area contributed by atoms with Crippen LogP contribution in [0, 0.1) is 0 Å². The van der Waals surface area contributed by atoms with Crippen molar-refractivity contribution in [3.8, 4) is 0 Å². The first-order valence-corrected chi connectivity index (χ1v) is 13.9. The molecule has 0 aromatic heterocycles. The Bertz CT molecular complexity index is 1600. The third kappa shape index (κ3) is 8.20. The van der Waals surface area contributed by atoms with Gasteiger partial charge in [-0.05, 0) is 48.2 Å². The number of likely N-dealkylation sites (N-methyl/N-ethyl adjacent to an activating group) is 1. The maximum atomic E-state index is 13.4. The minimum atomic E-state index is -5.08. The Labute approximate surface area is 255 Å². The van der Waals surface area contributed by atoms with Crippen LogP contribution in [-0.2, 0) is 20.7 Å². The molecule has 0 atom stereocenters. The van der Waals surface area contributed by atoms with Crippen LogP contribution in [0.15, 0.2) is 91.3 Å². The number of esters is 1. The SMILES string of the molecule is CCN(/C=C(\C(=O)C(F)(F)F)c1ccccc1)CCOC(=O)c1ccc2c(c1)CCN2/C=C(\C(=O)C(F)(F)F)c1ccccc1. The van der Waals surface area contributed by atoms with Gasteiger partial charge in [-0.3, -0.25) is 9.59 Å². The highest BCUT2D eigenvalue weighted by Gasteiger charge is 2.42. The number of ketones is 2. The van der Waals surface area contributed by atoms with Crippen molar-refractivity contribution in [2.45, 2.75) is 25.7 Å². The number of carbonyl (C=O) groups excluding carboxylic acids is 3. The molecule has 0 fully saturated rings. The van der Waals surface area contributed by atoms with E-state index in [1.165, 1.54) is 64.4 Å². The number of allylic oxidation sites excluding steroid dienone is 2. The molecule has 1 heterocycles. The summed E-state index contributed by atoms with van der Waals surface area (Å²) < 4.78 is 85.3. The molecule has 0 saturated carbocycles. The first kappa shape index (κ1) is 33.0. The van der Waals surface area contributed by atoms with Crippen molar-refractivity contribution in [3.63, 3.8) is 0 Å². The summed E-state index contributed by atoms with van der Waals surface area (Å²) >= 11 is 0. The number of hydrogen-bond donors (Lipinski definition) is 0. The molecule has 0 aliphatic carbocycles. The van der Waals surface area contributed by atoms with Gasteiger partial charge in [0.15, 0.2) is 0 Å². The van der Waals surface area contributed by atoms with Crippen molar-refractivity contribution in [2.24, 2.45) is 0 Å². The van der Waals surface area contributed by atoms with Gasteiger partial charge in [0.25, 0.3) is 11.6 Å². The summed E-state index contributed by atoms with van der Waals surface area (Å²) in [5, 5.41) is 0. The lowest BCUT2D eigenvalue weighted by molar-refractivity contribution is -0.164. The Morgan fingerprint density at radius 2 is 1.36 bits per heavy atom. The number of halogens is 6. The summed E-state index contributed by atoms with van der Waals surface area (Å²) in [5.41, 5.74) is 0.509. The fraction of sp³-hybridized carbons (Fsp3) is 0.242. The van der Waals surface area contributed by atoms with Crippen LogP contribution in [0.1, 0.15) is 34.0 Å². The molecule has 0 spiro atoms. The number of nitrogens with zero attached hydrogens (tertiary/aromatic N) is 2. The molecule has 0 bridgehead atoms. The minimum Gasteiger partial charge on any atom is -0.460 e. The van der Waals surface area contributed by atoms with Crippen LogP contribution in [0.25, 0.3) is 11.1 Å². The number of carbonyl (C=O) groups is 3. The highest BCUT2D eigenvalue weighted by Crippen LogP contribution is 2.33. The van der Waals surface area contributed by atoms with Gasteiger partial charge in [-0.2, -0.15) is 26.3 Å². The molecule has 0 N–H and O–H groups in total. The smallest absolute Gasteiger partial charge is 0.454 e. The number of rotatable bonds is 11. The van der Waals surface area contributed by atoms with Crippen molar-refractivity contribution in [2.75, 3.05) is 31.1 Å². The van der Waals surface area contributed by atoms with Crippen LogP contribution in [0.3, 0.4) is 0 Å². The largest absolute Gasteiger partial charge is 0.460 e. The Balaban J connectivity index is 1.46. The number of ether oxygens (including phenoxy) is 1. The molecule has 4 rings (SSSR count). The molecule has 236 valence electrons. The first-order chi connectivity index (χ1) is 21.3. The van der Waals surface area contributed by atoms with E-state index in [0.29, 0.717) is 17.7 Å². The fourth-order valence-electron chi connectivity index (χ4n) is 4.75. The average Bonchev–Trinajstić information content (AvgIpc) is 3.42. The molecule has 1 aliphatic rings. The average molecular weight is 631 g/mol. The van der Waals surface area contributed by atoms with Gasteiger partial charge in [-0.25, -0.2) is 4.79 Å². The predicted molar refractivity (Wildman–Crippen MR) is 156 cm³/mol. The molecule has 0 unspecified atom stereocenters. The Morgan fingerprint density at radius 1 is 0.800 bits per heavy atom. The van der Waals surface area contributed by atoms with Crippen LogP contribution in [0.4, 0.5) is 32.0 Å². The van der Waals surface area contributed by atoms with Gasteiger partial charge in [-0.15, -0.1) is 0 Å². The van der Waals surface area contributed by atoms with Crippen LogP contribution in [-0.4, -0.2) is 61.0 Å². The molecule has 0 amide bonds. The van der Waals surface area contributed by atoms with Crippen molar-refractivity contribution in [1.29, 1.82) is 0 Å². The highest BCUT2D eigenvalue weighted by atomic mass is 19.4. The van der Waals surface area contributed by atoms with Crippen LogP contribution in [0.2, 0.25) is 0 Å². The summed E-state index contributed by atoms with van der Waals surface area (Å²) in [6, 6.07) is 19.5. The molecule has 0 radical (unpaired) electrons. The standard InChI is InChI=1S/C33H28F6N2O4/c1-2-40(20-26(29(42)32(34,35)36)22-9-5-3-6-10-22)17-18-45-31(44)25-13-14-28-24(19-25)15-16-41(28)21-27(30(43)33(37,38)39)23-11-7-4-8-12-23/h3-14,19-21H,2,15-18H2,1H3/b26-20-,27-21-. The van der Waals surface area contributed by atoms with Gasteiger partial charge in [0.05, 0.1) is 23.3 Å². The second-order valence-corrected chi connectivity index (χ2v) is 10.0. The molecular weight excluding hydrogens is 602 g/mol. The molecule has 3 aromatic rings. The summed E-state index contributed by atoms with van der Waals surface area (Å²) in [7, 11) is 0. The van der Waals surface area contributed by atoms with Crippen molar-refractivity contribution < 1.29 is 45.5 Å². The van der Waals surface area contributed by atoms with E-state index in [-0.39, 0.29) is 42.9 Å². The number of alkyl halides is 6. The van der Waals surface area contributed by atoms with E-state index in [1.54, 1.807) is 31.2 Å². The van der Waals surface area contributed by atoms with Crippen molar-refractivity contribution in [1.82, 2.24) is 4.90 Å². The summed E-state index contributed by atoms with van der Waals surface area (Å²) in [6.45, 7) is 1.97. The third-order valence-electron chi connectivity index (χ3n) is 7.03. The molecule has 1 aliphatic heterocycles. The zero-order chi connectivity index (χ0) is 32.8. The second-order valence-electron chi connectivity index (χ2n) is 10.0. The predicted octanol–water partition coefficient (Wildman–Crippen LogP) is 6.87. The monoisotopic (exact) mass is 630 g/mol. The van der Waals surface area contributed by atoms with E-state index in [0.717, 1.165) is 12.4 Å². The topological polar surface area (TPSA) is 66.9 Å². The van der Waals surface area contributed by atoms with E-state index in [1.807, 2.05) is 0 Å². The normalized spacial score (nSPS) is 13.8. The van der Waals surface area contributed by atoms with Gasteiger partial charge in [-0.1, -0.05) is 60.7 Å². The van der Waals surface area contributed by atoms with Gasteiger partial charge in [0.1, 0.15) is 6.61 Å². The van der Waals surface area contributed by atoms with E-state index in [9.17, 15) is 40.7 Å². The van der Waals surface area contributed by atoms with Gasteiger partial charge in [0.2, 0.25) is 0 Å². The Morgan fingerprint density at radius 3 is 1.91 bits per heavy atom. The van der Waals surface area contributed by atoms with Crippen molar-refractivity contribution >= 4 is 34.4 Å². The molecule has 3 aromatic carbocycles. The lowest BCUT2D eigenvalue weighted by Crippen LogP contribution is -2.28. The number of benzene rings is 3.